The standard InChI is InChI=1S/C27H22F3N3O5S/c1-5-6-11-37-25(35)16(3)38-20-9-7-15(2)12-18(20)24-19-13-17(8-10-21(19)39-31-24)33-23(34)14-22(27(28,29)30)32(4)26(33)36/h7-10,12-14,16H,11H2,1-4H3. The number of fused-ring (bicyclic) bond motifs is 1. The van der Waals surface area contributed by atoms with E-state index in [1.54, 1.807) is 31.2 Å². The average Bonchev–Trinajstić information content (AvgIpc) is 3.30. The molecule has 39 heavy (non-hydrogen) atoms. The van der Waals surface area contributed by atoms with Crippen LogP contribution in [0, 0.1) is 18.8 Å². The molecule has 8 nitrogen and oxygen atoms in total. The summed E-state index contributed by atoms with van der Waals surface area (Å²) < 4.78 is 57.1. The van der Waals surface area contributed by atoms with E-state index in [0.29, 0.717) is 42.3 Å². The summed E-state index contributed by atoms with van der Waals surface area (Å²) in [6, 6.07) is 10.3. The summed E-state index contributed by atoms with van der Waals surface area (Å²) >= 11 is 1.15. The van der Waals surface area contributed by atoms with Gasteiger partial charge in [-0.05, 0) is 62.6 Å². The molecule has 12 heteroatoms. The lowest BCUT2D eigenvalue weighted by atomic mass is 10.0. The highest BCUT2D eigenvalue weighted by atomic mass is 32.1. The zero-order valence-corrected chi connectivity index (χ0v) is 22.1. The van der Waals surface area contributed by atoms with Gasteiger partial charge < -0.3 is 9.47 Å². The number of benzene rings is 2. The molecule has 0 bridgehead atoms. The van der Waals surface area contributed by atoms with E-state index < -0.39 is 35.2 Å². The average molecular weight is 558 g/mol. The Morgan fingerprint density at radius 1 is 1.15 bits per heavy atom. The van der Waals surface area contributed by atoms with Crippen LogP contribution in [0.15, 0.2) is 52.1 Å². The van der Waals surface area contributed by atoms with E-state index in [1.807, 2.05) is 6.92 Å². The van der Waals surface area contributed by atoms with Crippen molar-refractivity contribution in [2.24, 2.45) is 7.05 Å². The van der Waals surface area contributed by atoms with E-state index in [-0.39, 0.29) is 12.3 Å². The number of hydrogen-bond acceptors (Lipinski definition) is 7. The van der Waals surface area contributed by atoms with Gasteiger partial charge in [0.2, 0.25) is 0 Å². The fourth-order valence-electron chi connectivity index (χ4n) is 3.86. The number of hydrogen-bond donors (Lipinski definition) is 0. The lowest BCUT2D eigenvalue weighted by Crippen LogP contribution is -2.40. The highest BCUT2D eigenvalue weighted by molar-refractivity contribution is 7.13. The third-order valence-corrected chi connectivity index (χ3v) is 6.64. The molecule has 0 fully saturated rings. The summed E-state index contributed by atoms with van der Waals surface area (Å²) in [5.41, 5.74) is -1.66. The lowest BCUT2D eigenvalue weighted by Gasteiger charge is -2.16. The van der Waals surface area contributed by atoms with Crippen molar-refractivity contribution < 1.29 is 27.4 Å². The molecule has 1 atom stereocenters. The van der Waals surface area contributed by atoms with E-state index in [1.165, 1.54) is 19.1 Å². The zero-order valence-electron chi connectivity index (χ0n) is 21.3. The van der Waals surface area contributed by atoms with Crippen LogP contribution in [0.3, 0.4) is 0 Å². The second-order valence-electron chi connectivity index (χ2n) is 8.55. The Hall–Kier alpha value is -4.37. The molecule has 0 spiro atoms. The Balaban J connectivity index is 1.80. The molecule has 4 rings (SSSR count). The van der Waals surface area contributed by atoms with Gasteiger partial charge in [-0.3, -0.25) is 9.36 Å². The summed E-state index contributed by atoms with van der Waals surface area (Å²) in [5.74, 6) is 5.00. The summed E-state index contributed by atoms with van der Waals surface area (Å²) in [7, 11) is 0.953. The zero-order chi connectivity index (χ0) is 28.5. The van der Waals surface area contributed by atoms with Gasteiger partial charge in [0.25, 0.3) is 5.56 Å². The molecule has 2 aromatic heterocycles. The van der Waals surface area contributed by atoms with Gasteiger partial charge in [0, 0.05) is 24.1 Å². The fourth-order valence-corrected chi connectivity index (χ4v) is 4.63. The van der Waals surface area contributed by atoms with Crippen LogP contribution in [0.4, 0.5) is 13.2 Å². The number of esters is 1. The lowest BCUT2D eigenvalue weighted by molar-refractivity contribution is -0.149. The normalized spacial score (nSPS) is 12.1. The van der Waals surface area contributed by atoms with Crippen LogP contribution < -0.4 is 16.0 Å². The van der Waals surface area contributed by atoms with Crippen LogP contribution in [0.5, 0.6) is 5.75 Å². The number of aryl methyl sites for hydroxylation is 1. The highest BCUT2D eigenvalue weighted by Gasteiger charge is 2.35. The molecule has 2 aromatic carbocycles. The number of halogens is 3. The molecular formula is C27H22F3N3O5S. The smallest absolute Gasteiger partial charge is 0.431 e. The second kappa shape index (κ2) is 10.8. The van der Waals surface area contributed by atoms with Crippen LogP contribution in [-0.2, 0) is 22.8 Å². The Labute approximate surface area is 224 Å². The Kier molecular flexibility index (Phi) is 7.65. The molecule has 202 valence electrons. The molecule has 1 unspecified atom stereocenters. The third kappa shape index (κ3) is 5.58. The van der Waals surface area contributed by atoms with Gasteiger partial charge in [-0.15, -0.1) is 5.92 Å². The molecular weight excluding hydrogens is 535 g/mol. The maximum absolute atomic E-state index is 13.3. The fraction of sp³-hybridized carbons (Fsp3) is 0.259. The van der Waals surface area contributed by atoms with Crippen molar-refractivity contribution in [3.63, 3.8) is 0 Å². The van der Waals surface area contributed by atoms with Crippen LogP contribution >= 0.6 is 11.5 Å². The molecule has 4 aromatic rings. The third-order valence-electron chi connectivity index (χ3n) is 5.81. The van der Waals surface area contributed by atoms with Gasteiger partial charge in [0.05, 0.1) is 16.1 Å². The predicted octanol–water partition coefficient (Wildman–Crippen LogP) is 4.47. The highest BCUT2D eigenvalue weighted by Crippen LogP contribution is 2.38. The SMILES string of the molecule is CC#CCOC(=O)C(C)Oc1ccc(C)cc1-c1nsc2ccc(-n3c(=O)cc(C(F)(F)F)n(C)c3=O)cc12. The number of alkyl halides is 3. The number of carbonyl (C=O) groups excluding carboxylic acids is 1. The van der Waals surface area contributed by atoms with E-state index in [0.717, 1.165) is 24.1 Å². The maximum atomic E-state index is 13.3. The van der Waals surface area contributed by atoms with Crippen molar-refractivity contribution in [1.29, 1.82) is 0 Å². The first-order valence-corrected chi connectivity index (χ1v) is 12.3. The molecule has 0 radical (unpaired) electrons. The minimum absolute atomic E-state index is 0.0634. The van der Waals surface area contributed by atoms with Gasteiger partial charge in [0.1, 0.15) is 11.4 Å². The molecule has 0 amide bonds. The monoisotopic (exact) mass is 557 g/mol. The number of nitrogens with zero attached hydrogens (tertiary/aromatic N) is 3. The summed E-state index contributed by atoms with van der Waals surface area (Å²) in [4.78, 5) is 37.8. The van der Waals surface area contributed by atoms with E-state index in [2.05, 4.69) is 16.2 Å². The van der Waals surface area contributed by atoms with Crippen LogP contribution in [0.25, 0.3) is 27.0 Å². The van der Waals surface area contributed by atoms with Crippen LogP contribution in [-0.4, -0.2) is 32.2 Å². The summed E-state index contributed by atoms with van der Waals surface area (Å²) in [6.45, 7) is 4.96. The molecule has 0 aliphatic heterocycles. The summed E-state index contributed by atoms with van der Waals surface area (Å²) in [6.07, 6.45) is -5.82. The molecule has 0 saturated heterocycles. The quantitative estimate of drug-likeness (QED) is 0.257. The van der Waals surface area contributed by atoms with Crippen molar-refractivity contribution in [2.45, 2.75) is 33.1 Å². The molecule has 0 aliphatic carbocycles. The molecule has 0 aliphatic rings. The number of rotatable bonds is 6. The van der Waals surface area contributed by atoms with E-state index in [4.69, 9.17) is 9.47 Å². The molecule has 0 saturated carbocycles. The van der Waals surface area contributed by atoms with Gasteiger partial charge in [-0.1, -0.05) is 17.6 Å². The van der Waals surface area contributed by atoms with Gasteiger partial charge in [-0.25, -0.2) is 14.2 Å². The molecule has 0 N–H and O–H groups in total. The van der Waals surface area contributed by atoms with Crippen molar-refractivity contribution >= 4 is 27.6 Å². The Bertz CT molecular complexity index is 1760. The maximum Gasteiger partial charge on any atom is 0.431 e. The predicted molar refractivity (Wildman–Crippen MR) is 140 cm³/mol. The van der Waals surface area contributed by atoms with Crippen molar-refractivity contribution in [1.82, 2.24) is 13.5 Å². The Morgan fingerprint density at radius 2 is 1.90 bits per heavy atom. The first-order valence-electron chi connectivity index (χ1n) is 11.6. The van der Waals surface area contributed by atoms with Gasteiger partial charge in [0.15, 0.2) is 12.7 Å². The number of carbonyl (C=O) groups is 1. The minimum atomic E-state index is -4.87. The number of ether oxygens (including phenoxy) is 2. The summed E-state index contributed by atoms with van der Waals surface area (Å²) in [5, 5.41) is 0.537. The van der Waals surface area contributed by atoms with E-state index >= 15 is 0 Å². The van der Waals surface area contributed by atoms with Crippen molar-refractivity contribution in [3.05, 3.63) is 74.6 Å². The second-order valence-corrected chi connectivity index (χ2v) is 9.35. The number of aromatic nitrogens is 3. The Morgan fingerprint density at radius 3 is 2.59 bits per heavy atom. The van der Waals surface area contributed by atoms with Crippen molar-refractivity contribution in [3.8, 4) is 34.5 Å². The largest absolute Gasteiger partial charge is 0.478 e. The van der Waals surface area contributed by atoms with Crippen LogP contribution in [0.1, 0.15) is 25.1 Å². The van der Waals surface area contributed by atoms with Crippen molar-refractivity contribution in [2.75, 3.05) is 6.61 Å². The van der Waals surface area contributed by atoms with Gasteiger partial charge in [-0.2, -0.15) is 17.5 Å². The van der Waals surface area contributed by atoms with Gasteiger partial charge >= 0.3 is 17.8 Å². The van der Waals surface area contributed by atoms with Crippen LogP contribution in [0.2, 0.25) is 0 Å². The molecule has 2 heterocycles. The first kappa shape index (κ1) is 27.7. The topological polar surface area (TPSA) is 92.4 Å². The first-order chi connectivity index (χ1) is 18.4. The minimum Gasteiger partial charge on any atom is -0.478 e. The van der Waals surface area contributed by atoms with E-state index in [9.17, 15) is 27.6 Å².